The lowest BCUT2D eigenvalue weighted by Gasteiger charge is -1.91. The van der Waals surface area contributed by atoms with Crippen LogP contribution in [0.25, 0.3) is 5.57 Å². The molecule has 0 aliphatic rings. The van der Waals surface area contributed by atoms with Gasteiger partial charge in [0, 0.05) is 11.0 Å². The van der Waals surface area contributed by atoms with Crippen LogP contribution in [0.1, 0.15) is 19.0 Å². The summed E-state index contributed by atoms with van der Waals surface area (Å²) in [5.41, 5.74) is 6.72. The van der Waals surface area contributed by atoms with Crippen LogP contribution in [0.3, 0.4) is 0 Å². The van der Waals surface area contributed by atoms with Gasteiger partial charge in [-0.3, -0.25) is 4.79 Å². The molecule has 1 aromatic rings. The number of hydrogen-bond donors (Lipinski definition) is 1. The molecule has 0 spiro atoms. The number of hydrogen-bond acceptors (Lipinski definition) is 4. The quantitative estimate of drug-likeness (QED) is 0.572. The van der Waals surface area contributed by atoms with Crippen molar-refractivity contribution in [1.29, 1.82) is 0 Å². The molecule has 1 rings (SSSR count). The molecule has 3 nitrogen and oxygen atoms in total. The maximum Gasteiger partial charge on any atom is 0.180 e. The summed E-state index contributed by atoms with van der Waals surface area (Å²) in [6.07, 6.45) is 3.46. The second kappa shape index (κ2) is 4.01. The van der Waals surface area contributed by atoms with E-state index in [4.69, 9.17) is 5.73 Å². The number of thiazole rings is 1. The zero-order valence-corrected chi connectivity index (χ0v) is 7.60. The van der Waals surface area contributed by atoms with Gasteiger partial charge in [-0.15, -0.1) is 11.3 Å². The molecule has 2 N–H and O–H groups in total. The van der Waals surface area contributed by atoms with E-state index in [-0.39, 0.29) is 0 Å². The van der Waals surface area contributed by atoms with Crippen LogP contribution in [-0.4, -0.2) is 11.3 Å². The van der Waals surface area contributed by atoms with E-state index in [2.05, 4.69) is 4.98 Å². The van der Waals surface area contributed by atoms with Crippen LogP contribution in [0.15, 0.2) is 11.5 Å². The highest BCUT2D eigenvalue weighted by Gasteiger charge is 2.02. The van der Waals surface area contributed by atoms with Crippen molar-refractivity contribution in [2.45, 2.75) is 13.3 Å². The van der Waals surface area contributed by atoms with Crippen molar-refractivity contribution >= 4 is 28.3 Å². The molecule has 64 valence electrons. The molecule has 0 saturated carbocycles. The number of carbonyl (C=O) groups excluding carboxylic acids is 1. The topological polar surface area (TPSA) is 56.0 Å². The Balaban J connectivity index is 2.94. The second-order valence-corrected chi connectivity index (χ2v) is 3.15. The average Bonchev–Trinajstić information content (AvgIpc) is 2.47. The molecule has 0 aliphatic carbocycles. The summed E-state index contributed by atoms with van der Waals surface area (Å²) in [6, 6.07) is 0. The molecule has 0 aliphatic heterocycles. The third-order valence-electron chi connectivity index (χ3n) is 1.37. The average molecular weight is 182 g/mol. The fourth-order valence-corrected chi connectivity index (χ4v) is 1.43. The Kier molecular flexibility index (Phi) is 2.99. The van der Waals surface area contributed by atoms with E-state index in [1.807, 2.05) is 13.0 Å². The Labute approximate surface area is 74.9 Å². The minimum absolute atomic E-state index is 0.494. The van der Waals surface area contributed by atoms with E-state index in [0.29, 0.717) is 16.4 Å². The van der Waals surface area contributed by atoms with E-state index in [1.165, 1.54) is 11.3 Å². The van der Waals surface area contributed by atoms with Crippen LogP contribution in [-0.2, 0) is 4.79 Å². The van der Waals surface area contributed by atoms with Gasteiger partial charge >= 0.3 is 0 Å². The van der Waals surface area contributed by atoms with Crippen molar-refractivity contribution in [2.24, 2.45) is 0 Å². The van der Waals surface area contributed by atoms with Gasteiger partial charge < -0.3 is 5.73 Å². The van der Waals surface area contributed by atoms with Gasteiger partial charge in [0.2, 0.25) is 0 Å². The number of nitrogen functional groups attached to an aromatic ring is 1. The molecule has 0 fully saturated rings. The van der Waals surface area contributed by atoms with Crippen LogP contribution in [0.2, 0.25) is 0 Å². The van der Waals surface area contributed by atoms with Gasteiger partial charge in [-0.25, -0.2) is 4.98 Å². The van der Waals surface area contributed by atoms with E-state index in [1.54, 1.807) is 5.38 Å². The highest BCUT2D eigenvalue weighted by Crippen LogP contribution is 2.17. The molecule has 0 bridgehead atoms. The summed E-state index contributed by atoms with van der Waals surface area (Å²) in [5.74, 6) is 0. The molecule has 0 radical (unpaired) electrons. The van der Waals surface area contributed by atoms with Crippen LogP contribution < -0.4 is 5.73 Å². The number of nitrogens with two attached hydrogens (primary N) is 1. The maximum absolute atomic E-state index is 10.6. The normalized spacial score (nSPS) is 11.6. The highest BCUT2D eigenvalue weighted by atomic mass is 32.1. The van der Waals surface area contributed by atoms with Crippen LogP contribution in [0.5, 0.6) is 0 Å². The molecule has 1 heterocycles. The van der Waals surface area contributed by atoms with E-state index in [9.17, 15) is 4.79 Å². The molecule has 0 atom stereocenters. The molecular formula is C8H10N2OS. The third-order valence-corrected chi connectivity index (χ3v) is 2.04. The Hall–Kier alpha value is -1.16. The number of anilines is 1. The summed E-state index contributed by atoms with van der Waals surface area (Å²) in [6.45, 7) is 1.97. The van der Waals surface area contributed by atoms with Crippen molar-refractivity contribution in [3.8, 4) is 0 Å². The number of rotatable bonds is 3. The van der Waals surface area contributed by atoms with Gasteiger partial charge in [0.1, 0.15) is 0 Å². The van der Waals surface area contributed by atoms with Gasteiger partial charge in [-0.05, 0) is 6.42 Å². The predicted octanol–water partition coefficient (Wildman–Crippen LogP) is 1.72. The first-order valence-electron chi connectivity index (χ1n) is 3.64. The van der Waals surface area contributed by atoms with Crippen molar-refractivity contribution in [2.75, 3.05) is 5.73 Å². The number of carbonyl (C=O) groups is 1. The van der Waals surface area contributed by atoms with Crippen LogP contribution >= 0.6 is 11.3 Å². The van der Waals surface area contributed by atoms with Gasteiger partial charge in [-0.2, -0.15) is 0 Å². The zero-order chi connectivity index (χ0) is 8.97. The maximum atomic E-state index is 10.6. The van der Waals surface area contributed by atoms with Gasteiger partial charge in [0.15, 0.2) is 11.4 Å². The molecule has 4 heteroatoms. The van der Waals surface area contributed by atoms with Crippen LogP contribution in [0.4, 0.5) is 5.13 Å². The first-order valence-corrected chi connectivity index (χ1v) is 4.52. The Bertz CT molecular complexity index is 304. The fraction of sp³-hybridized carbons (Fsp3) is 0.250. The van der Waals surface area contributed by atoms with Gasteiger partial charge in [0.05, 0.1) is 5.69 Å². The first-order chi connectivity index (χ1) is 5.77. The summed E-state index contributed by atoms with van der Waals surface area (Å²) in [7, 11) is 0. The van der Waals surface area contributed by atoms with Crippen molar-refractivity contribution in [3.63, 3.8) is 0 Å². The number of allylic oxidation sites excluding steroid dienone is 2. The molecule has 0 amide bonds. The molecule has 1 aromatic heterocycles. The second-order valence-electron chi connectivity index (χ2n) is 2.26. The third kappa shape index (κ3) is 1.92. The first kappa shape index (κ1) is 8.93. The minimum atomic E-state index is 0.494. The lowest BCUT2D eigenvalue weighted by molar-refractivity contribution is -0.103. The molecule has 0 saturated heterocycles. The SMILES string of the molecule is CC/C=C(\C=O)c1csc(N)n1. The lowest BCUT2D eigenvalue weighted by Crippen LogP contribution is -1.88. The number of aldehydes is 1. The van der Waals surface area contributed by atoms with Crippen molar-refractivity contribution < 1.29 is 4.79 Å². The summed E-state index contributed by atoms with van der Waals surface area (Å²) >= 11 is 1.34. The Morgan fingerprint density at radius 3 is 3.00 bits per heavy atom. The summed E-state index contributed by atoms with van der Waals surface area (Å²) in [5, 5.41) is 2.28. The van der Waals surface area contributed by atoms with Crippen molar-refractivity contribution in [1.82, 2.24) is 4.98 Å². The fourth-order valence-electron chi connectivity index (χ4n) is 0.853. The van der Waals surface area contributed by atoms with E-state index < -0.39 is 0 Å². The highest BCUT2D eigenvalue weighted by molar-refractivity contribution is 7.13. The monoisotopic (exact) mass is 182 g/mol. The largest absolute Gasteiger partial charge is 0.375 e. The predicted molar refractivity (Wildman–Crippen MR) is 50.9 cm³/mol. The van der Waals surface area contributed by atoms with Crippen LogP contribution in [0, 0.1) is 0 Å². The van der Waals surface area contributed by atoms with E-state index in [0.717, 1.165) is 12.7 Å². The standard InChI is InChI=1S/C8H10N2OS/c1-2-3-6(4-11)7-5-12-8(9)10-7/h3-5H,2H2,1H3,(H2,9,10)/b6-3+. The molecule has 0 unspecified atom stereocenters. The number of aromatic nitrogens is 1. The smallest absolute Gasteiger partial charge is 0.180 e. The molecule has 12 heavy (non-hydrogen) atoms. The lowest BCUT2D eigenvalue weighted by atomic mass is 10.2. The van der Waals surface area contributed by atoms with E-state index >= 15 is 0 Å². The summed E-state index contributed by atoms with van der Waals surface area (Å²) in [4.78, 5) is 14.6. The molecular weight excluding hydrogens is 172 g/mol. The Morgan fingerprint density at radius 1 is 1.83 bits per heavy atom. The van der Waals surface area contributed by atoms with Crippen molar-refractivity contribution in [3.05, 3.63) is 17.2 Å². The minimum Gasteiger partial charge on any atom is -0.375 e. The van der Waals surface area contributed by atoms with Gasteiger partial charge in [0.25, 0.3) is 0 Å². The van der Waals surface area contributed by atoms with Gasteiger partial charge in [-0.1, -0.05) is 13.0 Å². The zero-order valence-electron chi connectivity index (χ0n) is 6.78. The molecule has 0 aromatic carbocycles. The Morgan fingerprint density at radius 2 is 2.58 bits per heavy atom. The summed E-state index contributed by atoms with van der Waals surface area (Å²) < 4.78 is 0. The number of nitrogens with zero attached hydrogens (tertiary/aromatic N) is 1.